The number of aliphatic hydroxyl groups excluding tert-OH is 3. The average Bonchev–Trinajstić information content (AvgIpc) is 2.93. The summed E-state index contributed by atoms with van der Waals surface area (Å²) in [5, 5.41) is 28.8. The standard InChI is InChI=1S/C10H12N4O5S/c15-1-3-5(16)6(17)9(19-3)14-2-11-7-4(14)8(18)13-10(20)12-7/h2-3,5-6,9,15-17H,1H2,(H2,12,13,18,20)/t3-,5+,6-,9+/m0/s1. The largest absolute Gasteiger partial charge is 0.394 e. The van der Waals surface area contributed by atoms with Crippen LogP contribution in [0.5, 0.6) is 0 Å². The van der Waals surface area contributed by atoms with Crippen molar-refractivity contribution in [3.05, 3.63) is 21.5 Å². The van der Waals surface area contributed by atoms with Gasteiger partial charge in [-0.15, -0.1) is 0 Å². The SMILES string of the molecule is O=c1[nH]c(=S)[nH]c2ncn([C@@H]3O[C@@H](CO)[C@@H](O)[C@@H]3O)c12. The monoisotopic (exact) mass is 300 g/mol. The van der Waals surface area contributed by atoms with Crippen LogP contribution in [0, 0.1) is 4.77 Å². The molecule has 0 aliphatic carbocycles. The average molecular weight is 300 g/mol. The lowest BCUT2D eigenvalue weighted by atomic mass is 10.1. The van der Waals surface area contributed by atoms with Crippen molar-refractivity contribution in [2.24, 2.45) is 0 Å². The van der Waals surface area contributed by atoms with Crippen LogP contribution in [-0.4, -0.2) is 59.8 Å². The molecule has 0 saturated carbocycles. The summed E-state index contributed by atoms with van der Waals surface area (Å²) < 4.78 is 6.78. The molecule has 9 nitrogen and oxygen atoms in total. The second-order valence-corrected chi connectivity index (χ2v) is 4.89. The first-order valence-corrected chi connectivity index (χ1v) is 6.25. The molecular weight excluding hydrogens is 288 g/mol. The normalized spacial score (nSPS) is 30.1. The van der Waals surface area contributed by atoms with Gasteiger partial charge in [0.15, 0.2) is 22.2 Å². The van der Waals surface area contributed by atoms with E-state index in [1.165, 1.54) is 10.9 Å². The van der Waals surface area contributed by atoms with Crippen LogP contribution >= 0.6 is 12.2 Å². The van der Waals surface area contributed by atoms with Gasteiger partial charge in [-0.05, 0) is 12.2 Å². The van der Waals surface area contributed by atoms with E-state index in [-0.39, 0.29) is 15.9 Å². The second-order valence-electron chi connectivity index (χ2n) is 4.49. The highest BCUT2D eigenvalue weighted by Gasteiger charge is 2.43. The predicted molar refractivity (Wildman–Crippen MR) is 68.5 cm³/mol. The molecule has 2 aromatic rings. The van der Waals surface area contributed by atoms with E-state index in [9.17, 15) is 15.0 Å². The molecule has 0 bridgehead atoms. The Morgan fingerprint density at radius 2 is 2.15 bits per heavy atom. The molecule has 3 rings (SSSR count). The Morgan fingerprint density at radius 3 is 2.80 bits per heavy atom. The summed E-state index contributed by atoms with van der Waals surface area (Å²) in [6.07, 6.45) is -3.17. The van der Waals surface area contributed by atoms with Crippen LogP contribution in [-0.2, 0) is 4.74 Å². The first-order chi connectivity index (χ1) is 9.52. The molecule has 5 N–H and O–H groups in total. The molecule has 10 heteroatoms. The lowest BCUT2D eigenvalue weighted by molar-refractivity contribution is -0.0509. The number of aliphatic hydroxyl groups is 3. The zero-order chi connectivity index (χ0) is 14.4. The number of H-pyrrole nitrogens is 2. The minimum Gasteiger partial charge on any atom is -0.394 e. The van der Waals surface area contributed by atoms with Crippen LogP contribution < -0.4 is 5.56 Å². The number of rotatable bonds is 2. The van der Waals surface area contributed by atoms with E-state index in [1.807, 2.05) is 0 Å². The summed E-state index contributed by atoms with van der Waals surface area (Å²) in [5.41, 5.74) is -0.107. The fraction of sp³-hybridized carbons (Fsp3) is 0.500. The molecule has 108 valence electrons. The number of imidazole rings is 1. The molecule has 2 aromatic heterocycles. The molecule has 1 saturated heterocycles. The van der Waals surface area contributed by atoms with Crippen molar-refractivity contribution in [3.8, 4) is 0 Å². The van der Waals surface area contributed by atoms with Crippen LogP contribution in [0.15, 0.2) is 11.1 Å². The van der Waals surface area contributed by atoms with Crippen molar-refractivity contribution in [1.29, 1.82) is 0 Å². The van der Waals surface area contributed by atoms with Gasteiger partial charge in [-0.1, -0.05) is 0 Å². The van der Waals surface area contributed by atoms with E-state index in [4.69, 9.17) is 22.1 Å². The van der Waals surface area contributed by atoms with E-state index < -0.39 is 36.7 Å². The van der Waals surface area contributed by atoms with Crippen molar-refractivity contribution >= 4 is 23.4 Å². The zero-order valence-corrected chi connectivity index (χ0v) is 10.9. The molecule has 1 aliphatic heterocycles. The minimum absolute atomic E-state index is 0.133. The van der Waals surface area contributed by atoms with Gasteiger partial charge in [0.2, 0.25) is 0 Å². The molecule has 20 heavy (non-hydrogen) atoms. The number of nitrogens with one attached hydrogen (secondary N) is 2. The Balaban J connectivity index is 2.12. The van der Waals surface area contributed by atoms with Crippen LogP contribution in [0.4, 0.5) is 0 Å². The molecule has 1 fully saturated rings. The van der Waals surface area contributed by atoms with Gasteiger partial charge in [-0.3, -0.25) is 14.3 Å². The Bertz CT molecular complexity index is 752. The fourth-order valence-corrected chi connectivity index (χ4v) is 2.47. The first-order valence-electron chi connectivity index (χ1n) is 5.84. The van der Waals surface area contributed by atoms with Crippen LogP contribution in [0.2, 0.25) is 0 Å². The third kappa shape index (κ3) is 1.89. The van der Waals surface area contributed by atoms with Gasteiger partial charge in [0.25, 0.3) is 5.56 Å². The summed E-state index contributed by atoms with van der Waals surface area (Å²) in [7, 11) is 0. The summed E-state index contributed by atoms with van der Waals surface area (Å²) in [6, 6.07) is 0. The number of hydrogen-bond donors (Lipinski definition) is 5. The summed E-state index contributed by atoms with van der Waals surface area (Å²) in [5.74, 6) is 0. The first kappa shape index (κ1) is 13.4. The van der Waals surface area contributed by atoms with Crippen molar-refractivity contribution in [2.75, 3.05) is 6.61 Å². The zero-order valence-electron chi connectivity index (χ0n) is 10.1. The fourth-order valence-electron chi connectivity index (χ4n) is 2.28. The Hall–Kier alpha value is -1.59. The molecule has 0 radical (unpaired) electrons. The van der Waals surface area contributed by atoms with E-state index >= 15 is 0 Å². The van der Waals surface area contributed by atoms with Gasteiger partial charge >= 0.3 is 0 Å². The number of ether oxygens (including phenoxy) is 1. The van der Waals surface area contributed by atoms with Gasteiger partial charge < -0.3 is 25.0 Å². The number of fused-ring (bicyclic) bond motifs is 1. The second kappa shape index (κ2) is 4.75. The third-order valence-corrected chi connectivity index (χ3v) is 3.46. The number of nitrogens with zero attached hydrogens (tertiary/aromatic N) is 2. The smallest absolute Gasteiger partial charge is 0.278 e. The summed E-state index contributed by atoms with van der Waals surface area (Å²) in [4.78, 5) is 21.0. The molecule has 1 aliphatic rings. The topological polar surface area (TPSA) is 136 Å². The molecular formula is C10H12N4O5S. The third-order valence-electron chi connectivity index (χ3n) is 3.26. The Kier molecular flexibility index (Phi) is 3.18. The van der Waals surface area contributed by atoms with Gasteiger partial charge in [0.05, 0.1) is 12.9 Å². The van der Waals surface area contributed by atoms with E-state index in [0.717, 1.165) is 0 Å². The molecule has 0 aromatic carbocycles. The number of aromatic nitrogens is 4. The highest BCUT2D eigenvalue weighted by molar-refractivity contribution is 7.71. The summed E-state index contributed by atoms with van der Waals surface area (Å²) >= 11 is 4.84. The Labute approximate surface area is 116 Å². The minimum atomic E-state index is -1.29. The maximum absolute atomic E-state index is 11.9. The van der Waals surface area contributed by atoms with Gasteiger partial charge in [0.1, 0.15) is 18.3 Å². The van der Waals surface area contributed by atoms with Gasteiger partial charge in [0, 0.05) is 0 Å². The molecule has 0 amide bonds. The molecule has 0 unspecified atom stereocenters. The van der Waals surface area contributed by atoms with Crippen molar-refractivity contribution in [2.45, 2.75) is 24.5 Å². The van der Waals surface area contributed by atoms with Crippen LogP contribution in [0.1, 0.15) is 6.23 Å². The van der Waals surface area contributed by atoms with Crippen molar-refractivity contribution in [3.63, 3.8) is 0 Å². The molecule has 0 spiro atoms. The predicted octanol–water partition coefficient (Wildman–Crippen LogP) is -1.61. The highest BCUT2D eigenvalue weighted by atomic mass is 32.1. The number of aromatic amines is 2. The van der Waals surface area contributed by atoms with E-state index in [2.05, 4.69) is 15.0 Å². The lowest BCUT2D eigenvalue weighted by Crippen LogP contribution is -2.33. The van der Waals surface area contributed by atoms with Crippen LogP contribution in [0.3, 0.4) is 0 Å². The molecule has 3 heterocycles. The van der Waals surface area contributed by atoms with E-state index in [0.29, 0.717) is 0 Å². The Morgan fingerprint density at radius 1 is 1.40 bits per heavy atom. The summed E-state index contributed by atoms with van der Waals surface area (Å²) in [6.45, 7) is -0.444. The molecule has 4 atom stereocenters. The van der Waals surface area contributed by atoms with Gasteiger partial charge in [-0.2, -0.15) is 0 Å². The van der Waals surface area contributed by atoms with E-state index in [1.54, 1.807) is 0 Å². The van der Waals surface area contributed by atoms with Crippen molar-refractivity contribution in [1.82, 2.24) is 19.5 Å². The quantitative estimate of drug-likeness (QED) is 0.421. The lowest BCUT2D eigenvalue weighted by Gasteiger charge is -2.16. The van der Waals surface area contributed by atoms with Crippen LogP contribution in [0.25, 0.3) is 11.2 Å². The van der Waals surface area contributed by atoms with Gasteiger partial charge in [-0.25, -0.2) is 4.98 Å². The van der Waals surface area contributed by atoms with Crippen molar-refractivity contribution < 1.29 is 20.1 Å². The number of hydrogen-bond acceptors (Lipinski definition) is 7. The maximum Gasteiger partial charge on any atom is 0.278 e. The highest BCUT2D eigenvalue weighted by Crippen LogP contribution is 2.30. The maximum atomic E-state index is 11.9.